The molecule has 0 bridgehead atoms. The third-order valence-corrected chi connectivity index (χ3v) is 4.00. The fraction of sp³-hybridized carbons (Fsp3) is 0.267. The quantitative estimate of drug-likeness (QED) is 0.787. The van der Waals surface area contributed by atoms with Gasteiger partial charge >= 0.3 is 0 Å². The van der Waals surface area contributed by atoms with Crippen LogP contribution in [0.3, 0.4) is 0 Å². The monoisotopic (exact) mass is 300 g/mol. The molecule has 6 heteroatoms. The fourth-order valence-corrected chi connectivity index (χ4v) is 2.95. The molecule has 0 saturated carbocycles. The van der Waals surface area contributed by atoms with E-state index >= 15 is 0 Å². The summed E-state index contributed by atoms with van der Waals surface area (Å²) >= 11 is 1.52. The average molecular weight is 300 g/mol. The van der Waals surface area contributed by atoms with Crippen molar-refractivity contribution in [2.75, 3.05) is 6.54 Å². The Bertz CT molecular complexity index is 748. The van der Waals surface area contributed by atoms with Crippen LogP contribution < -0.4 is 5.32 Å². The number of thiophene rings is 1. The number of imidazole rings is 1. The van der Waals surface area contributed by atoms with E-state index in [1.54, 1.807) is 6.20 Å². The predicted molar refractivity (Wildman–Crippen MR) is 83.6 cm³/mol. The lowest BCUT2D eigenvalue weighted by Crippen LogP contribution is -2.26. The van der Waals surface area contributed by atoms with Crippen molar-refractivity contribution in [2.24, 2.45) is 0 Å². The van der Waals surface area contributed by atoms with Gasteiger partial charge in [-0.1, -0.05) is 0 Å². The van der Waals surface area contributed by atoms with E-state index in [2.05, 4.69) is 26.8 Å². The number of amides is 1. The van der Waals surface area contributed by atoms with E-state index in [1.165, 1.54) is 11.3 Å². The molecule has 5 nitrogen and oxygen atoms in total. The maximum Gasteiger partial charge on any atom is 0.252 e. The third kappa shape index (κ3) is 2.80. The largest absolute Gasteiger partial charge is 0.352 e. The molecule has 0 aliphatic rings. The molecule has 3 rings (SSSR count). The third-order valence-electron chi connectivity index (χ3n) is 3.32. The first-order valence-electron chi connectivity index (χ1n) is 6.90. The van der Waals surface area contributed by atoms with Gasteiger partial charge in [-0.3, -0.25) is 4.79 Å². The summed E-state index contributed by atoms with van der Waals surface area (Å²) in [6.07, 6.45) is 2.47. The van der Waals surface area contributed by atoms with E-state index in [-0.39, 0.29) is 5.91 Å². The summed E-state index contributed by atoms with van der Waals surface area (Å²) in [5.41, 5.74) is 2.52. The van der Waals surface area contributed by atoms with Crippen LogP contribution in [-0.4, -0.2) is 27.0 Å². The molecule has 0 radical (unpaired) electrons. The number of nitrogens with zero attached hydrogens (tertiary/aromatic N) is 3. The summed E-state index contributed by atoms with van der Waals surface area (Å²) in [5.74, 6) is 0.922. The van der Waals surface area contributed by atoms with E-state index in [4.69, 9.17) is 0 Å². The molecule has 0 unspecified atom stereocenters. The maximum absolute atomic E-state index is 11.9. The van der Waals surface area contributed by atoms with Crippen LogP contribution in [-0.2, 0) is 13.0 Å². The average Bonchev–Trinajstić information content (AvgIpc) is 3.14. The van der Waals surface area contributed by atoms with Crippen LogP contribution in [0.5, 0.6) is 0 Å². The topological polar surface area (TPSA) is 59.8 Å². The smallest absolute Gasteiger partial charge is 0.252 e. The highest BCUT2D eigenvalue weighted by Gasteiger charge is 2.11. The Morgan fingerprint density at radius 1 is 1.43 bits per heavy atom. The second kappa shape index (κ2) is 6.05. The molecule has 3 aromatic rings. The lowest BCUT2D eigenvalue weighted by molar-refractivity contribution is 0.0954. The molecular weight excluding hydrogens is 284 g/mol. The first-order valence-corrected chi connectivity index (χ1v) is 7.84. The Morgan fingerprint density at radius 3 is 3.10 bits per heavy atom. The number of rotatable bonds is 5. The van der Waals surface area contributed by atoms with Crippen LogP contribution >= 0.6 is 11.3 Å². The van der Waals surface area contributed by atoms with Crippen molar-refractivity contribution in [3.05, 3.63) is 46.5 Å². The summed E-state index contributed by atoms with van der Waals surface area (Å²) in [6, 6.07) is 5.67. The maximum atomic E-state index is 11.9. The second-order valence-corrected chi connectivity index (χ2v) is 5.42. The van der Waals surface area contributed by atoms with Crippen molar-refractivity contribution < 1.29 is 4.79 Å². The standard InChI is InChI=1S/C15H16N4OS/c1-2-19-13(18-12-4-3-7-16-14(12)19)5-8-17-15(20)11-6-9-21-10-11/h3-4,6-7,9-10H,2,5,8H2,1H3,(H,17,20). The van der Waals surface area contributed by atoms with E-state index < -0.39 is 0 Å². The second-order valence-electron chi connectivity index (χ2n) is 4.64. The highest BCUT2D eigenvalue weighted by molar-refractivity contribution is 7.08. The number of nitrogens with one attached hydrogen (secondary N) is 1. The molecule has 0 saturated heterocycles. The van der Waals surface area contributed by atoms with E-state index in [0.717, 1.165) is 23.5 Å². The minimum absolute atomic E-state index is 0.0338. The molecule has 3 aromatic heterocycles. The van der Waals surface area contributed by atoms with Gasteiger partial charge in [0.05, 0.1) is 0 Å². The zero-order valence-corrected chi connectivity index (χ0v) is 12.6. The van der Waals surface area contributed by atoms with Gasteiger partial charge in [-0.15, -0.1) is 0 Å². The zero-order chi connectivity index (χ0) is 14.7. The molecule has 0 atom stereocenters. The molecule has 108 valence electrons. The van der Waals surface area contributed by atoms with E-state index in [0.29, 0.717) is 18.5 Å². The van der Waals surface area contributed by atoms with Gasteiger partial charge in [0.1, 0.15) is 11.3 Å². The van der Waals surface area contributed by atoms with E-state index in [9.17, 15) is 4.79 Å². The van der Waals surface area contributed by atoms with Crippen LogP contribution in [0.4, 0.5) is 0 Å². The predicted octanol–water partition coefficient (Wildman–Crippen LogP) is 2.49. The number of aryl methyl sites for hydroxylation is 1. The number of fused-ring (bicyclic) bond motifs is 1. The highest BCUT2D eigenvalue weighted by Crippen LogP contribution is 2.13. The Balaban J connectivity index is 1.69. The van der Waals surface area contributed by atoms with Crippen molar-refractivity contribution in [3.63, 3.8) is 0 Å². The number of carbonyl (C=O) groups excluding carboxylic acids is 1. The van der Waals surface area contributed by atoms with Gasteiger partial charge in [0.2, 0.25) is 0 Å². The zero-order valence-electron chi connectivity index (χ0n) is 11.7. The van der Waals surface area contributed by atoms with Gasteiger partial charge in [-0.2, -0.15) is 11.3 Å². The summed E-state index contributed by atoms with van der Waals surface area (Å²) in [7, 11) is 0. The van der Waals surface area contributed by atoms with Gasteiger partial charge < -0.3 is 9.88 Å². The Kier molecular flexibility index (Phi) is 3.96. The van der Waals surface area contributed by atoms with Gasteiger partial charge in [0, 0.05) is 36.7 Å². The van der Waals surface area contributed by atoms with Crippen molar-refractivity contribution in [2.45, 2.75) is 19.9 Å². The fourth-order valence-electron chi connectivity index (χ4n) is 2.31. The molecule has 0 fully saturated rings. The normalized spacial score (nSPS) is 10.9. The Labute approximate surface area is 126 Å². The van der Waals surface area contributed by atoms with Crippen molar-refractivity contribution in [1.29, 1.82) is 0 Å². The molecule has 1 amide bonds. The summed E-state index contributed by atoms with van der Waals surface area (Å²) in [4.78, 5) is 20.8. The first-order chi connectivity index (χ1) is 10.3. The molecule has 0 aliphatic carbocycles. The number of aromatic nitrogens is 3. The molecule has 0 spiro atoms. The molecule has 21 heavy (non-hydrogen) atoms. The SMILES string of the molecule is CCn1c(CCNC(=O)c2ccsc2)nc2cccnc21. The molecule has 1 N–H and O–H groups in total. The summed E-state index contributed by atoms with van der Waals surface area (Å²) in [5, 5.41) is 6.67. The van der Waals surface area contributed by atoms with Crippen molar-refractivity contribution in [3.8, 4) is 0 Å². The van der Waals surface area contributed by atoms with Gasteiger partial charge in [0.25, 0.3) is 5.91 Å². The van der Waals surface area contributed by atoms with Crippen LogP contribution in [0, 0.1) is 0 Å². The number of carbonyl (C=O) groups is 1. The van der Waals surface area contributed by atoms with Crippen LogP contribution in [0.2, 0.25) is 0 Å². The van der Waals surface area contributed by atoms with Crippen LogP contribution in [0.25, 0.3) is 11.2 Å². The highest BCUT2D eigenvalue weighted by atomic mass is 32.1. The molecule has 3 heterocycles. The molecular formula is C15H16N4OS. The van der Waals surface area contributed by atoms with Gasteiger partial charge in [-0.05, 0) is 30.5 Å². The summed E-state index contributed by atoms with van der Waals surface area (Å²) in [6.45, 7) is 3.46. The molecule has 0 aliphatic heterocycles. The van der Waals surface area contributed by atoms with E-state index in [1.807, 2.05) is 29.0 Å². The van der Waals surface area contributed by atoms with Gasteiger partial charge in [-0.25, -0.2) is 9.97 Å². The number of hydrogen-bond acceptors (Lipinski definition) is 4. The van der Waals surface area contributed by atoms with Gasteiger partial charge in [0.15, 0.2) is 5.65 Å². The van der Waals surface area contributed by atoms with Crippen LogP contribution in [0.1, 0.15) is 23.1 Å². The summed E-state index contributed by atoms with van der Waals surface area (Å²) < 4.78 is 2.09. The molecule has 0 aromatic carbocycles. The number of hydrogen-bond donors (Lipinski definition) is 1. The first kappa shape index (κ1) is 13.8. The Morgan fingerprint density at radius 2 is 2.33 bits per heavy atom. The number of pyridine rings is 1. The minimum Gasteiger partial charge on any atom is -0.352 e. The lowest BCUT2D eigenvalue weighted by Gasteiger charge is -2.06. The van der Waals surface area contributed by atoms with Crippen LogP contribution in [0.15, 0.2) is 35.2 Å². The minimum atomic E-state index is -0.0338. The Hall–Kier alpha value is -2.21. The lowest BCUT2D eigenvalue weighted by atomic mass is 10.3. The van der Waals surface area contributed by atoms with Crippen molar-refractivity contribution in [1.82, 2.24) is 19.9 Å². The van der Waals surface area contributed by atoms with Crippen molar-refractivity contribution >= 4 is 28.4 Å².